The molecule has 0 heterocycles. The van der Waals surface area contributed by atoms with E-state index in [2.05, 4.69) is 5.32 Å². The average molecular weight is 687 g/mol. The number of rotatable bonds is 17. The van der Waals surface area contributed by atoms with Gasteiger partial charge in [0.2, 0.25) is 11.8 Å². The van der Waals surface area contributed by atoms with E-state index in [4.69, 9.17) is 10.5 Å². The van der Waals surface area contributed by atoms with Gasteiger partial charge in [-0.15, -0.1) is 0 Å². The van der Waals surface area contributed by atoms with Crippen LogP contribution in [-0.2, 0) is 27.2 Å². The summed E-state index contributed by atoms with van der Waals surface area (Å²) in [5.41, 5.74) is 7.53. The van der Waals surface area contributed by atoms with E-state index in [0.29, 0.717) is 24.9 Å². The number of hydrogen-bond donors (Lipinski definition) is 3. The fraction of sp³-hybridized carbons (Fsp3) is 0.450. The lowest BCUT2D eigenvalue weighted by Gasteiger charge is -2.30. The molecule has 10 heteroatoms. The van der Waals surface area contributed by atoms with Gasteiger partial charge >= 0.3 is 12.1 Å². The van der Waals surface area contributed by atoms with Crippen LogP contribution in [0.4, 0.5) is 9.59 Å². The molecule has 3 aromatic rings. The molecule has 0 saturated carbocycles. The number of nitrogens with one attached hydrogen (secondary N) is 1. The Kier molecular flexibility index (Phi) is 15.5. The van der Waals surface area contributed by atoms with Crippen molar-refractivity contribution in [1.82, 2.24) is 15.1 Å². The summed E-state index contributed by atoms with van der Waals surface area (Å²) in [6.07, 6.45) is 0.192. The molecule has 0 bridgehead atoms. The van der Waals surface area contributed by atoms with Crippen LogP contribution in [-0.4, -0.2) is 76.2 Å². The van der Waals surface area contributed by atoms with Crippen molar-refractivity contribution in [3.8, 4) is 0 Å². The summed E-state index contributed by atoms with van der Waals surface area (Å²) >= 11 is 0. The predicted octanol–water partition coefficient (Wildman–Crippen LogP) is 6.07. The van der Waals surface area contributed by atoms with Crippen molar-refractivity contribution >= 4 is 23.9 Å². The topological polar surface area (TPSA) is 142 Å². The maximum absolute atomic E-state index is 14.3. The average Bonchev–Trinajstić information content (AvgIpc) is 3.07. The lowest BCUT2D eigenvalue weighted by Crippen LogP contribution is -2.53. The van der Waals surface area contributed by atoms with Crippen LogP contribution >= 0.6 is 0 Å². The van der Waals surface area contributed by atoms with Gasteiger partial charge in [0.25, 0.3) is 0 Å². The second-order valence-corrected chi connectivity index (χ2v) is 14.1. The number of aliphatic hydroxyl groups is 1. The van der Waals surface area contributed by atoms with Crippen LogP contribution in [0.5, 0.6) is 0 Å². The maximum Gasteiger partial charge on any atom is 0.410 e. The summed E-state index contributed by atoms with van der Waals surface area (Å²) in [6.45, 7) is 9.86. The van der Waals surface area contributed by atoms with Gasteiger partial charge in [-0.2, -0.15) is 0 Å². The molecule has 3 rings (SSSR count). The second kappa shape index (κ2) is 19.5. The number of nitrogens with two attached hydrogens (primary N) is 1. The SMILES string of the molecule is CC(C)CCN(C(=O)NC(Cc1ccccc1)C(N)=O)C(=O)C(CCC(O)CN(CCc1ccccc1)C(=O)OC(C)(C)C)c1ccccc1. The molecule has 0 radical (unpaired) electrons. The van der Waals surface area contributed by atoms with Gasteiger partial charge in [0.05, 0.1) is 12.0 Å². The summed E-state index contributed by atoms with van der Waals surface area (Å²) < 4.78 is 5.65. The molecule has 5 amide bonds. The number of urea groups is 1. The first-order chi connectivity index (χ1) is 23.7. The number of carbonyl (C=O) groups is 4. The predicted molar refractivity (Wildman–Crippen MR) is 195 cm³/mol. The van der Waals surface area contributed by atoms with Crippen LogP contribution in [0.2, 0.25) is 0 Å². The Hall–Kier alpha value is -4.70. The first-order valence-electron chi connectivity index (χ1n) is 17.4. The molecule has 0 fully saturated rings. The van der Waals surface area contributed by atoms with Crippen LogP contribution in [0.1, 0.15) is 76.5 Å². The van der Waals surface area contributed by atoms with E-state index in [9.17, 15) is 24.3 Å². The van der Waals surface area contributed by atoms with E-state index in [1.807, 2.05) is 105 Å². The van der Waals surface area contributed by atoms with Crippen molar-refractivity contribution in [2.45, 2.75) is 90.4 Å². The normalized spacial score (nSPS) is 13.2. The minimum atomic E-state index is -1.02. The second-order valence-electron chi connectivity index (χ2n) is 14.1. The van der Waals surface area contributed by atoms with Gasteiger partial charge in [0, 0.05) is 26.1 Å². The Labute approximate surface area is 297 Å². The maximum atomic E-state index is 14.3. The third-order valence-corrected chi connectivity index (χ3v) is 8.25. The summed E-state index contributed by atoms with van der Waals surface area (Å²) in [4.78, 5) is 56.4. The molecule has 10 nitrogen and oxygen atoms in total. The largest absolute Gasteiger partial charge is 0.444 e. The number of aliphatic hydroxyl groups excluding tert-OH is 1. The van der Waals surface area contributed by atoms with E-state index in [1.165, 1.54) is 4.90 Å². The highest BCUT2D eigenvalue weighted by molar-refractivity contribution is 5.99. The number of nitrogens with zero attached hydrogens (tertiary/aromatic N) is 2. The Bertz CT molecular complexity index is 1490. The molecule has 0 aliphatic carbocycles. The first-order valence-corrected chi connectivity index (χ1v) is 17.4. The van der Waals surface area contributed by atoms with Crippen LogP contribution in [0.15, 0.2) is 91.0 Å². The van der Waals surface area contributed by atoms with Gasteiger partial charge in [0.15, 0.2) is 0 Å². The molecule has 3 atom stereocenters. The highest BCUT2D eigenvalue weighted by Gasteiger charge is 2.33. The molecular formula is C40H54N4O6. The monoisotopic (exact) mass is 686 g/mol. The van der Waals surface area contributed by atoms with Gasteiger partial charge in [-0.1, -0.05) is 105 Å². The molecular weight excluding hydrogens is 632 g/mol. The number of imide groups is 1. The zero-order valence-electron chi connectivity index (χ0n) is 30.1. The van der Waals surface area contributed by atoms with Crippen molar-refractivity contribution in [2.24, 2.45) is 11.7 Å². The standard InChI is InChI=1S/C40H54N4O6/c1-29(2)23-26-44(38(48)42-35(36(41)46)27-31-17-11-7-12-18-31)37(47)34(32-19-13-8-14-20-32)22-21-33(45)28-43(39(49)50-40(3,4)5)25-24-30-15-9-6-10-16-30/h6-20,29,33-35,45H,21-28H2,1-5H3,(H2,41,46)(H,42,48). The molecule has 0 aromatic heterocycles. The Balaban J connectivity index is 1.81. The van der Waals surface area contributed by atoms with Crippen LogP contribution < -0.4 is 11.1 Å². The fourth-order valence-corrected chi connectivity index (χ4v) is 5.50. The van der Waals surface area contributed by atoms with Gasteiger partial charge < -0.3 is 25.8 Å². The van der Waals surface area contributed by atoms with E-state index in [0.717, 1.165) is 16.0 Å². The van der Waals surface area contributed by atoms with Gasteiger partial charge in [-0.3, -0.25) is 14.5 Å². The molecule has 0 aliphatic heterocycles. The van der Waals surface area contributed by atoms with Crippen LogP contribution in [0.25, 0.3) is 0 Å². The Morgan fingerprint density at radius 1 is 0.800 bits per heavy atom. The van der Waals surface area contributed by atoms with Crippen molar-refractivity contribution < 1.29 is 29.0 Å². The minimum Gasteiger partial charge on any atom is -0.444 e. The van der Waals surface area contributed by atoms with Crippen LogP contribution in [0, 0.1) is 5.92 Å². The number of hydrogen-bond acceptors (Lipinski definition) is 6. The van der Waals surface area contributed by atoms with Crippen molar-refractivity contribution in [2.75, 3.05) is 19.6 Å². The molecule has 0 spiro atoms. The molecule has 270 valence electrons. The molecule has 3 aromatic carbocycles. The first kappa shape index (κ1) is 39.7. The third-order valence-electron chi connectivity index (χ3n) is 8.25. The number of ether oxygens (including phenoxy) is 1. The zero-order valence-corrected chi connectivity index (χ0v) is 30.1. The molecule has 50 heavy (non-hydrogen) atoms. The number of benzene rings is 3. The number of amides is 5. The van der Waals surface area contributed by atoms with Crippen LogP contribution in [0.3, 0.4) is 0 Å². The summed E-state index contributed by atoms with van der Waals surface area (Å²) in [5, 5.41) is 14.0. The zero-order chi connectivity index (χ0) is 36.7. The Morgan fingerprint density at radius 3 is 1.90 bits per heavy atom. The third kappa shape index (κ3) is 13.7. The quantitative estimate of drug-likeness (QED) is 0.157. The van der Waals surface area contributed by atoms with E-state index < -0.39 is 47.6 Å². The lowest BCUT2D eigenvalue weighted by atomic mass is 9.91. The van der Waals surface area contributed by atoms with Crippen molar-refractivity contribution in [3.63, 3.8) is 0 Å². The van der Waals surface area contributed by atoms with E-state index in [-0.39, 0.29) is 38.3 Å². The molecule has 0 aliphatic rings. The Morgan fingerprint density at radius 2 is 1.36 bits per heavy atom. The highest BCUT2D eigenvalue weighted by Crippen LogP contribution is 2.26. The van der Waals surface area contributed by atoms with Gasteiger partial charge in [-0.25, -0.2) is 9.59 Å². The molecule has 3 unspecified atom stereocenters. The molecule has 0 saturated heterocycles. The van der Waals surface area contributed by atoms with E-state index >= 15 is 0 Å². The highest BCUT2D eigenvalue weighted by atomic mass is 16.6. The minimum absolute atomic E-state index is 0.00870. The summed E-state index contributed by atoms with van der Waals surface area (Å²) in [5.74, 6) is -1.73. The lowest BCUT2D eigenvalue weighted by molar-refractivity contribution is -0.130. The fourth-order valence-electron chi connectivity index (χ4n) is 5.50. The van der Waals surface area contributed by atoms with Crippen molar-refractivity contribution in [3.05, 3.63) is 108 Å². The number of carbonyl (C=O) groups excluding carboxylic acids is 4. The summed E-state index contributed by atoms with van der Waals surface area (Å²) in [6, 6.07) is 26.4. The smallest absolute Gasteiger partial charge is 0.410 e. The number of primary amides is 1. The van der Waals surface area contributed by atoms with Gasteiger partial charge in [0.1, 0.15) is 11.6 Å². The van der Waals surface area contributed by atoms with Gasteiger partial charge in [-0.05, 0) is 69.1 Å². The van der Waals surface area contributed by atoms with E-state index in [1.54, 1.807) is 20.8 Å². The summed E-state index contributed by atoms with van der Waals surface area (Å²) in [7, 11) is 0. The molecule has 4 N–H and O–H groups in total. The van der Waals surface area contributed by atoms with Crippen molar-refractivity contribution in [1.29, 1.82) is 0 Å².